The van der Waals surface area contributed by atoms with Gasteiger partial charge in [-0.2, -0.15) is 0 Å². The van der Waals surface area contributed by atoms with Gasteiger partial charge >= 0.3 is 0 Å². The van der Waals surface area contributed by atoms with Gasteiger partial charge in [0, 0.05) is 5.56 Å². The van der Waals surface area contributed by atoms with Crippen molar-refractivity contribution in [1.29, 1.82) is 0 Å². The third kappa shape index (κ3) is 3.69. The lowest BCUT2D eigenvalue weighted by molar-refractivity contribution is 0.601. The van der Waals surface area contributed by atoms with E-state index < -0.39 is 10.0 Å². The van der Waals surface area contributed by atoms with E-state index in [0.29, 0.717) is 10.7 Å². The van der Waals surface area contributed by atoms with Gasteiger partial charge in [-0.25, -0.2) is 13.4 Å². The third-order valence-corrected chi connectivity index (χ3v) is 6.81. The monoisotopic (exact) mass is 414 g/mol. The SMILES string of the molecule is Cc1cccc(S(=O)(=O)Nc2ccc(-c3nc4ccccc4s3)c(Cl)c2)c1. The van der Waals surface area contributed by atoms with Crippen LogP contribution in [0.25, 0.3) is 20.8 Å². The number of sulfonamides is 1. The van der Waals surface area contributed by atoms with Crippen LogP contribution in [0.15, 0.2) is 71.6 Å². The molecular weight excluding hydrogens is 400 g/mol. The number of halogens is 1. The first-order chi connectivity index (χ1) is 12.9. The summed E-state index contributed by atoms with van der Waals surface area (Å²) in [5.41, 5.74) is 2.97. The number of nitrogens with one attached hydrogen (secondary N) is 1. The van der Waals surface area contributed by atoms with Crippen LogP contribution >= 0.6 is 22.9 Å². The van der Waals surface area contributed by atoms with Gasteiger partial charge in [-0.05, 0) is 55.0 Å². The Morgan fingerprint density at radius 1 is 1.00 bits per heavy atom. The average molecular weight is 415 g/mol. The summed E-state index contributed by atoms with van der Waals surface area (Å²) in [7, 11) is -3.67. The molecule has 1 N–H and O–H groups in total. The summed E-state index contributed by atoms with van der Waals surface area (Å²) in [6.07, 6.45) is 0. The summed E-state index contributed by atoms with van der Waals surface area (Å²) < 4.78 is 28.8. The van der Waals surface area contributed by atoms with Crippen LogP contribution in [0.4, 0.5) is 5.69 Å². The molecule has 0 aliphatic heterocycles. The maximum Gasteiger partial charge on any atom is 0.261 e. The molecule has 0 aliphatic carbocycles. The zero-order valence-electron chi connectivity index (χ0n) is 14.3. The van der Waals surface area contributed by atoms with Crippen molar-refractivity contribution < 1.29 is 8.42 Å². The number of anilines is 1. The highest BCUT2D eigenvalue weighted by atomic mass is 35.5. The Bertz CT molecular complexity index is 1220. The van der Waals surface area contributed by atoms with E-state index in [9.17, 15) is 8.42 Å². The number of fused-ring (bicyclic) bond motifs is 1. The van der Waals surface area contributed by atoms with Gasteiger partial charge in [0.05, 0.1) is 25.8 Å². The molecule has 4 aromatic rings. The molecule has 3 aromatic carbocycles. The van der Waals surface area contributed by atoms with Crippen LogP contribution in [-0.2, 0) is 10.0 Å². The van der Waals surface area contributed by atoms with Gasteiger partial charge in [0.2, 0.25) is 0 Å². The van der Waals surface area contributed by atoms with Crippen molar-refractivity contribution >= 4 is 48.9 Å². The van der Waals surface area contributed by atoms with Crippen molar-refractivity contribution in [3.05, 3.63) is 77.3 Å². The molecule has 0 atom stereocenters. The third-order valence-electron chi connectivity index (χ3n) is 4.05. The van der Waals surface area contributed by atoms with E-state index in [0.717, 1.165) is 26.4 Å². The van der Waals surface area contributed by atoms with Crippen LogP contribution in [0.2, 0.25) is 5.02 Å². The van der Waals surface area contributed by atoms with Crippen LogP contribution in [0, 0.1) is 6.92 Å². The van der Waals surface area contributed by atoms with Gasteiger partial charge in [-0.1, -0.05) is 35.9 Å². The predicted molar refractivity (Wildman–Crippen MR) is 112 cm³/mol. The number of rotatable bonds is 4. The molecule has 7 heteroatoms. The van der Waals surface area contributed by atoms with Crippen LogP contribution in [-0.4, -0.2) is 13.4 Å². The summed E-state index contributed by atoms with van der Waals surface area (Å²) in [6.45, 7) is 1.85. The smallest absolute Gasteiger partial charge is 0.261 e. The number of thiazole rings is 1. The summed E-state index contributed by atoms with van der Waals surface area (Å²) in [5.74, 6) is 0. The Labute approximate surface area is 166 Å². The molecule has 1 aromatic heterocycles. The summed E-state index contributed by atoms with van der Waals surface area (Å²) >= 11 is 7.97. The first-order valence-corrected chi connectivity index (χ1v) is 10.9. The number of para-hydroxylation sites is 1. The molecule has 0 saturated carbocycles. The maximum absolute atomic E-state index is 12.6. The first kappa shape index (κ1) is 18.0. The Morgan fingerprint density at radius 2 is 1.81 bits per heavy atom. The van der Waals surface area contributed by atoms with Gasteiger partial charge in [-0.3, -0.25) is 4.72 Å². The molecule has 136 valence electrons. The van der Waals surface area contributed by atoms with Crippen molar-refractivity contribution in [2.75, 3.05) is 4.72 Å². The Balaban J connectivity index is 1.65. The second kappa shape index (κ2) is 6.96. The summed E-state index contributed by atoms with van der Waals surface area (Å²) in [5, 5.41) is 1.24. The van der Waals surface area contributed by atoms with E-state index in [1.807, 2.05) is 37.3 Å². The first-order valence-electron chi connectivity index (χ1n) is 8.17. The fraction of sp³-hybridized carbons (Fsp3) is 0.0500. The summed E-state index contributed by atoms with van der Waals surface area (Å²) in [6, 6.07) is 19.7. The fourth-order valence-electron chi connectivity index (χ4n) is 2.74. The quantitative estimate of drug-likeness (QED) is 0.464. The maximum atomic E-state index is 12.6. The van der Waals surface area contributed by atoms with Gasteiger partial charge < -0.3 is 0 Å². The molecule has 0 amide bonds. The molecule has 27 heavy (non-hydrogen) atoms. The lowest BCUT2D eigenvalue weighted by atomic mass is 10.2. The Hall–Kier alpha value is -2.41. The van der Waals surface area contributed by atoms with Crippen molar-refractivity contribution in [2.45, 2.75) is 11.8 Å². The molecule has 0 aliphatic rings. The minimum Gasteiger partial charge on any atom is -0.280 e. The summed E-state index contributed by atoms with van der Waals surface area (Å²) in [4.78, 5) is 4.82. The van der Waals surface area contributed by atoms with E-state index in [-0.39, 0.29) is 4.90 Å². The lowest BCUT2D eigenvalue weighted by Gasteiger charge is -2.10. The molecule has 0 radical (unpaired) electrons. The van der Waals surface area contributed by atoms with Crippen LogP contribution in [0.5, 0.6) is 0 Å². The molecule has 4 nitrogen and oxygen atoms in total. The number of nitrogens with zero attached hydrogens (tertiary/aromatic N) is 1. The standard InChI is InChI=1S/C20H15ClN2O2S2/c1-13-5-4-6-15(11-13)27(24,25)23-14-9-10-16(17(21)12-14)20-22-18-7-2-3-8-19(18)26-20/h2-12,23H,1H3. The minimum absolute atomic E-state index is 0.217. The van der Waals surface area contributed by atoms with E-state index in [1.165, 1.54) is 0 Å². The Morgan fingerprint density at radius 3 is 2.56 bits per heavy atom. The molecule has 0 unspecified atom stereocenters. The molecule has 0 bridgehead atoms. The molecule has 0 saturated heterocycles. The normalized spacial score (nSPS) is 11.6. The topological polar surface area (TPSA) is 59.1 Å². The predicted octanol–water partition coefficient (Wildman–Crippen LogP) is 5.73. The molecule has 4 rings (SSSR count). The van der Waals surface area contributed by atoms with Crippen LogP contribution in [0.3, 0.4) is 0 Å². The second-order valence-corrected chi connectivity index (χ2v) is 9.22. The number of hydrogen-bond acceptors (Lipinski definition) is 4. The highest BCUT2D eigenvalue weighted by Crippen LogP contribution is 2.35. The number of aryl methyl sites for hydroxylation is 1. The van der Waals surface area contributed by atoms with Crippen LogP contribution < -0.4 is 4.72 Å². The van der Waals surface area contributed by atoms with Gasteiger partial charge in [0.1, 0.15) is 5.01 Å². The average Bonchev–Trinajstić information content (AvgIpc) is 3.05. The van der Waals surface area contributed by atoms with E-state index in [1.54, 1.807) is 47.7 Å². The zero-order valence-corrected chi connectivity index (χ0v) is 16.7. The minimum atomic E-state index is -3.67. The highest BCUT2D eigenvalue weighted by Gasteiger charge is 2.16. The van der Waals surface area contributed by atoms with E-state index >= 15 is 0 Å². The van der Waals surface area contributed by atoms with Crippen molar-refractivity contribution in [2.24, 2.45) is 0 Å². The largest absolute Gasteiger partial charge is 0.280 e. The van der Waals surface area contributed by atoms with Crippen molar-refractivity contribution in [3.63, 3.8) is 0 Å². The lowest BCUT2D eigenvalue weighted by Crippen LogP contribution is -2.13. The van der Waals surface area contributed by atoms with Crippen molar-refractivity contribution in [1.82, 2.24) is 4.98 Å². The van der Waals surface area contributed by atoms with Crippen molar-refractivity contribution in [3.8, 4) is 10.6 Å². The fourth-order valence-corrected chi connectivity index (χ4v) is 5.22. The molecule has 0 fully saturated rings. The number of aromatic nitrogens is 1. The number of benzene rings is 3. The second-order valence-electron chi connectivity index (χ2n) is 6.10. The molecular formula is C20H15ClN2O2S2. The van der Waals surface area contributed by atoms with E-state index in [2.05, 4.69) is 9.71 Å². The van der Waals surface area contributed by atoms with E-state index in [4.69, 9.17) is 11.6 Å². The molecule has 0 spiro atoms. The van der Waals surface area contributed by atoms with Gasteiger partial charge in [0.15, 0.2) is 0 Å². The number of hydrogen-bond donors (Lipinski definition) is 1. The van der Waals surface area contributed by atoms with Crippen LogP contribution in [0.1, 0.15) is 5.56 Å². The highest BCUT2D eigenvalue weighted by molar-refractivity contribution is 7.92. The van der Waals surface area contributed by atoms with Gasteiger partial charge in [-0.15, -0.1) is 11.3 Å². The Kier molecular flexibility index (Phi) is 4.63. The molecule has 1 heterocycles. The zero-order chi connectivity index (χ0) is 19.0. The van der Waals surface area contributed by atoms with Gasteiger partial charge in [0.25, 0.3) is 10.0 Å².